The molecule has 2 aliphatic carbocycles. The van der Waals surface area contributed by atoms with Crippen LogP contribution in [-0.4, -0.2) is 58.3 Å². The molecule has 0 saturated heterocycles. The molecular weight excluding hydrogens is 402 g/mol. The Balaban J connectivity index is 1.43. The summed E-state index contributed by atoms with van der Waals surface area (Å²) in [5.41, 5.74) is 8.21. The maximum atomic E-state index is 12.2. The van der Waals surface area contributed by atoms with Gasteiger partial charge in [-0.05, 0) is 68.0 Å². The van der Waals surface area contributed by atoms with Gasteiger partial charge in [0.15, 0.2) is 5.82 Å². The Labute approximate surface area is 189 Å². The number of nitrogens with two attached hydrogens (primary N) is 1. The quantitative estimate of drug-likeness (QED) is 0.532. The highest BCUT2D eigenvalue weighted by Crippen LogP contribution is 2.30. The van der Waals surface area contributed by atoms with E-state index in [1.54, 1.807) is 23.1 Å². The first kappa shape index (κ1) is 22.3. The van der Waals surface area contributed by atoms with Gasteiger partial charge in [-0.25, -0.2) is 0 Å². The highest BCUT2D eigenvalue weighted by Gasteiger charge is 2.28. The molecule has 2 aliphatic rings. The van der Waals surface area contributed by atoms with Gasteiger partial charge in [-0.2, -0.15) is 0 Å². The first-order valence-electron chi connectivity index (χ1n) is 11.5. The normalized spacial score (nSPS) is 21.3. The lowest BCUT2D eigenvalue weighted by molar-refractivity contribution is -0.125. The predicted octanol–water partition coefficient (Wildman–Crippen LogP) is 3.58. The molecule has 1 amide bonds. The molecule has 3 N–H and O–H groups in total. The first-order chi connectivity index (χ1) is 15.4. The number of carbonyl (C=O) groups is 1. The second kappa shape index (κ2) is 9.69. The van der Waals surface area contributed by atoms with E-state index in [2.05, 4.69) is 15.1 Å². The lowest BCUT2D eigenvalue weighted by Crippen LogP contribution is -2.36. The predicted molar refractivity (Wildman–Crippen MR) is 127 cm³/mol. The molecule has 2 aromatic rings. The number of rotatable bonds is 6. The minimum absolute atomic E-state index is 0.0173. The monoisotopic (exact) mass is 435 g/mol. The van der Waals surface area contributed by atoms with Crippen LogP contribution >= 0.6 is 0 Å². The lowest BCUT2D eigenvalue weighted by atomic mass is 10.0. The summed E-state index contributed by atoms with van der Waals surface area (Å²) in [6.45, 7) is 0. The fourth-order valence-electron chi connectivity index (χ4n) is 4.36. The number of phenolic OH excluding ortho intramolecular Hbond substituents is 1. The number of anilines is 1. The van der Waals surface area contributed by atoms with E-state index >= 15 is 0 Å². The van der Waals surface area contributed by atoms with Crippen molar-refractivity contribution in [1.29, 1.82) is 0 Å². The number of carbonyl (C=O) groups excluding carboxylic acids is 1. The van der Waals surface area contributed by atoms with Crippen molar-refractivity contribution in [2.45, 2.75) is 63.1 Å². The van der Waals surface area contributed by atoms with E-state index in [1.807, 2.05) is 38.4 Å². The van der Waals surface area contributed by atoms with Crippen molar-refractivity contribution in [3.05, 3.63) is 42.0 Å². The topological polar surface area (TPSA) is 95.6 Å². The van der Waals surface area contributed by atoms with Gasteiger partial charge in [-0.3, -0.25) is 4.79 Å². The van der Waals surface area contributed by atoms with E-state index < -0.39 is 0 Å². The van der Waals surface area contributed by atoms with Gasteiger partial charge in [0.25, 0.3) is 0 Å². The third-order valence-electron chi connectivity index (χ3n) is 6.65. The zero-order valence-corrected chi connectivity index (χ0v) is 18.9. The van der Waals surface area contributed by atoms with Crippen molar-refractivity contribution in [1.82, 2.24) is 15.1 Å². The summed E-state index contributed by atoms with van der Waals surface area (Å²) in [4.78, 5) is 16.1. The number of phenols is 1. The Kier molecular flexibility index (Phi) is 6.74. The second-order valence-corrected chi connectivity index (χ2v) is 9.11. The molecule has 0 bridgehead atoms. The van der Waals surface area contributed by atoms with Gasteiger partial charge < -0.3 is 20.6 Å². The van der Waals surface area contributed by atoms with Gasteiger partial charge in [-0.1, -0.05) is 18.9 Å². The molecule has 7 nitrogen and oxygen atoms in total. The Hall–Kier alpha value is -2.93. The van der Waals surface area contributed by atoms with Crippen LogP contribution in [0.25, 0.3) is 17.3 Å². The summed E-state index contributed by atoms with van der Waals surface area (Å²) in [5.74, 6) is 0.904. The summed E-state index contributed by atoms with van der Waals surface area (Å²) in [7, 11) is 3.88. The van der Waals surface area contributed by atoms with Crippen LogP contribution in [0.2, 0.25) is 0 Å². The largest absolute Gasteiger partial charge is 0.507 e. The second-order valence-electron chi connectivity index (χ2n) is 9.11. The van der Waals surface area contributed by atoms with E-state index in [4.69, 9.17) is 5.73 Å². The van der Waals surface area contributed by atoms with Gasteiger partial charge in [0.1, 0.15) is 5.75 Å². The van der Waals surface area contributed by atoms with Gasteiger partial charge >= 0.3 is 0 Å². The molecule has 32 heavy (non-hydrogen) atoms. The van der Waals surface area contributed by atoms with Crippen molar-refractivity contribution in [3.63, 3.8) is 0 Å². The number of likely N-dealkylation sites (N-methyl/N-ethyl adjacent to an activating group) is 1. The van der Waals surface area contributed by atoms with E-state index in [0.717, 1.165) is 43.5 Å². The van der Waals surface area contributed by atoms with Crippen LogP contribution in [0, 0.1) is 0 Å². The van der Waals surface area contributed by atoms with Crippen LogP contribution < -0.4 is 10.6 Å². The molecule has 2 atom stereocenters. The van der Waals surface area contributed by atoms with Crippen LogP contribution in [0.15, 0.2) is 36.4 Å². The zero-order valence-electron chi connectivity index (χ0n) is 18.9. The van der Waals surface area contributed by atoms with Crippen molar-refractivity contribution in [2.75, 3.05) is 19.0 Å². The Morgan fingerprint density at radius 1 is 1.06 bits per heavy atom. The fourth-order valence-corrected chi connectivity index (χ4v) is 4.36. The lowest BCUT2D eigenvalue weighted by Gasteiger charge is -2.29. The maximum Gasteiger partial charge on any atom is 0.246 e. The average Bonchev–Trinajstić information content (AvgIpc) is 3.65. The Morgan fingerprint density at radius 3 is 2.53 bits per heavy atom. The summed E-state index contributed by atoms with van der Waals surface area (Å²) in [6, 6.07) is 10.1. The molecule has 2 fully saturated rings. The first-order valence-corrected chi connectivity index (χ1v) is 11.5. The summed E-state index contributed by atoms with van der Waals surface area (Å²) >= 11 is 0. The molecule has 0 aliphatic heterocycles. The third kappa shape index (κ3) is 5.27. The van der Waals surface area contributed by atoms with Crippen LogP contribution in [0.5, 0.6) is 5.75 Å². The highest BCUT2D eigenvalue weighted by molar-refractivity contribution is 5.92. The number of hydrogen-bond donors (Lipinski definition) is 2. The molecule has 2 saturated carbocycles. The van der Waals surface area contributed by atoms with Crippen molar-refractivity contribution >= 4 is 17.8 Å². The van der Waals surface area contributed by atoms with E-state index in [1.165, 1.54) is 12.8 Å². The van der Waals surface area contributed by atoms with E-state index in [-0.39, 0.29) is 17.7 Å². The molecule has 1 unspecified atom stereocenters. The van der Waals surface area contributed by atoms with Crippen molar-refractivity contribution in [2.24, 2.45) is 5.73 Å². The number of amides is 1. The van der Waals surface area contributed by atoms with Gasteiger partial charge in [0, 0.05) is 43.9 Å². The molecule has 7 heteroatoms. The van der Waals surface area contributed by atoms with Crippen LogP contribution in [-0.2, 0) is 4.79 Å². The number of hydrogen-bond acceptors (Lipinski definition) is 6. The fraction of sp³-hybridized carbons (Fsp3) is 0.480. The van der Waals surface area contributed by atoms with E-state index in [0.29, 0.717) is 23.3 Å². The molecule has 0 radical (unpaired) electrons. The number of aromatic hydroxyl groups is 1. The molecule has 170 valence electrons. The Morgan fingerprint density at radius 2 is 1.84 bits per heavy atom. The van der Waals surface area contributed by atoms with Gasteiger partial charge in [-0.15, -0.1) is 10.2 Å². The molecular formula is C25H33N5O2. The average molecular weight is 436 g/mol. The van der Waals surface area contributed by atoms with Crippen molar-refractivity contribution < 1.29 is 9.90 Å². The van der Waals surface area contributed by atoms with Crippen LogP contribution in [0.1, 0.15) is 50.5 Å². The van der Waals surface area contributed by atoms with Crippen LogP contribution in [0.3, 0.4) is 0 Å². The summed E-state index contributed by atoms with van der Waals surface area (Å²) < 4.78 is 0. The van der Waals surface area contributed by atoms with E-state index in [9.17, 15) is 9.90 Å². The highest BCUT2D eigenvalue weighted by atomic mass is 16.3. The third-order valence-corrected chi connectivity index (χ3v) is 6.65. The van der Waals surface area contributed by atoms with Crippen LogP contribution in [0.4, 0.5) is 5.82 Å². The summed E-state index contributed by atoms with van der Waals surface area (Å²) in [5, 5.41) is 19.3. The molecule has 1 aromatic heterocycles. The standard InChI is InChI=1S/C25H33N5O2/c1-29(20-6-4-3-5-18(26)16-20)24-13-12-22(27-28-24)21-11-7-17(15-23(21)31)8-14-25(32)30(2)19-9-10-19/h7-8,11-15,18-20,31H,3-6,9-10,16,26H2,1-2H3/b14-8+/t18?,20-/m0/s1. The maximum absolute atomic E-state index is 12.2. The molecule has 4 rings (SSSR count). The molecule has 1 aromatic carbocycles. The van der Waals surface area contributed by atoms with Gasteiger partial charge in [0.2, 0.25) is 5.91 Å². The number of nitrogens with zero attached hydrogens (tertiary/aromatic N) is 4. The smallest absolute Gasteiger partial charge is 0.246 e. The molecule has 1 heterocycles. The minimum atomic E-state index is -0.0173. The number of aromatic nitrogens is 2. The SMILES string of the molecule is CN(C(=O)/C=C/c1ccc(-c2ccc(N(C)[C@H]3CCCCC(N)C3)nn2)c(O)c1)C1CC1. The van der Waals surface area contributed by atoms with Gasteiger partial charge in [0.05, 0.1) is 5.69 Å². The van der Waals surface area contributed by atoms with Crippen molar-refractivity contribution in [3.8, 4) is 17.0 Å². The number of benzene rings is 1. The summed E-state index contributed by atoms with van der Waals surface area (Å²) in [6.07, 6.45) is 11.0. The zero-order chi connectivity index (χ0) is 22.7. The molecule has 0 spiro atoms. The Bertz CT molecular complexity index is 971. The minimum Gasteiger partial charge on any atom is -0.507 e.